The molecule has 23 heavy (non-hydrogen) atoms. The van der Waals surface area contributed by atoms with Crippen LogP contribution < -0.4 is 5.32 Å². The van der Waals surface area contributed by atoms with Gasteiger partial charge in [-0.1, -0.05) is 0 Å². The highest BCUT2D eigenvalue weighted by Gasteiger charge is 2.29. The first-order valence-corrected chi connectivity index (χ1v) is 8.59. The van der Waals surface area contributed by atoms with Gasteiger partial charge in [0.2, 0.25) is 11.8 Å². The summed E-state index contributed by atoms with van der Waals surface area (Å²) >= 11 is 0. The lowest BCUT2D eigenvalue weighted by molar-refractivity contribution is -0.131. The van der Waals surface area contributed by atoms with E-state index >= 15 is 0 Å². The van der Waals surface area contributed by atoms with Gasteiger partial charge in [0, 0.05) is 44.2 Å². The predicted octanol–water partition coefficient (Wildman–Crippen LogP) is 1.41. The van der Waals surface area contributed by atoms with E-state index in [0.717, 1.165) is 37.2 Å². The molecule has 1 aliphatic heterocycles. The Balaban J connectivity index is 1.41. The molecule has 3 rings (SSSR count). The SMILES string of the molecule is Cc1cc(C)n(CCC(=O)N2CCC(CC(=O)NC3CC3)C2)n1. The van der Waals surface area contributed by atoms with Gasteiger partial charge in [0.25, 0.3) is 0 Å². The number of hydrogen-bond acceptors (Lipinski definition) is 3. The van der Waals surface area contributed by atoms with E-state index in [1.54, 1.807) is 0 Å². The largest absolute Gasteiger partial charge is 0.353 e. The molecule has 1 saturated heterocycles. The fraction of sp³-hybridized carbons (Fsp3) is 0.706. The van der Waals surface area contributed by atoms with Crippen molar-refractivity contribution in [3.05, 3.63) is 17.5 Å². The number of carbonyl (C=O) groups is 2. The molecule has 6 heteroatoms. The molecular weight excluding hydrogens is 292 g/mol. The standard InChI is InChI=1S/C17H26N4O2/c1-12-9-13(2)21(19-12)8-6-17(23)20-7-5-14(11-20)10-16(22)18-15-3-4-15/h9,14-15H,3-8,10-11H2,1-2H3,(H,18,22). The minimum absolute atomic E-state index is 0.148. The van der Waals surface area contributed by atoms with Crippen LogP contribution in [0.25, 0.3) is 0 Å². The van der Waals surface area contributed by atoms with E-state index in [-0.39, 0.29) is 11.8 Å². The maximum Gasteiger partial charge on any atom is 0.224 e. The predicted molar refractivity (Wildman–Crippen MR) is 86.8 cm³/mol. The van der Waals surface area contributed by atoms with Crippen LogP contribution in [0.15, 0.2) is 6.07 Å². The van der Waals surface area contributed by atoms with Crippen LogP contribution in [0.3, 0.4) is 0 Å². The Bertz CT molecular complexity index is 591. The Kier molecular flexibility index (Phi) is 4.68. The summed E-state index contributed by atoms with van der Waals surface area (Å²) < 4.78 is 1.89. The van der Waals surface area contributed by atoms with Crippen molar-refractivity contribution in [2.75, 3.05) is 13.1 Å². The summed E-state index contributed by atoms with van der Waals surface area (Å²) in [6.07, 6.45) is 4.20. The zero-order chi connectivity index (χ0) is 16.4. The Hall–Kier alpha value is -1.85. The number of aromatic nitrogens is 2. The summed E-state index contributed by atoms with van der Waals surface area (Å²) in [4.78, 5) is 26.1. The highest BCUT2D eigenvalue weighted by molar-refractivity contribution is 5.78. The maximum absolute atomic E-state index is 12.3. The van der Waals surface area contributed by atoms with Gasteiger partial charge in [-0.15, -0.1) is 0 Å². The molecule has 0 bridgehead atoms. The topological polar surface area (TPSA) is 67.2 Å². The maximum atomic E-state index is 12.3. The van der Waals surface area contributed by atoms with Gasteiger partial charge in [-0.2, -0.15) is 5.10 Å². The van der Waals surface area contributed by atoms with Crippen molar-refractivity contribution in [2.24, 2.45) is 5.92 Å². The summed E-state index contributed by atoms with van der Waals surface area (Å²) in [5.41, 5.74) is 2.07. The third-order valence-corrected chi connectivity index (χ3v) is 4.70. The first kappa shape index (κ1) is 16.0. The summed E-state index contributed by atoms with van der Waals surface area (Å²) in [7, 11) is 0. The molecule has 1 unspecified atom stereocenters. The molecule has 2 aliphatic rings. The van der Waals surface area contributed by atoms with Crippen LogP contribution in [0.1, 0.15) is 43.5 Å². The Morgan fingerprint density at radius 1 is 1.30 bits per heavy atom. The number of nitrogens with zero attached hydrogens (tertiary/aromatic N) is 3. The average molecular weight is 318 g/mol. The Morgan fingerprint density at radius 3 is 2.74 bits per heavy atom. The second-order valence-corrected chi connectivity index (χ2v) is 6.94. The molecule has 0 spiro atoms. The number of nitrogens with one attached hydrogen (secondary N) is 1. The second-order valence-electron chi connectivity index (χ2n) is 6.94. The van der Waals surface area contributed by atoms with Crippen LogP contribution in [-0.2, 0) is 16.1 Å². The molecule has 2 heterocycles. The minimum Gasteiger partial charge on any atom is -0.353 e. The van der Waals surface area contributed by atoms with E-state index in [1.807, 2.05) is 29.5 Å². The molecular formula is C17H26N4O2. The summed E-state index contributed by atoms with van der Waals surface area (Å²) in [6, 6.07) is 2.44. The van der Waals surface area contributed by atoms with Crippen molar-refractivity contribution < 1.29 is 9.59 Å². The average Bonchev–Trinajstić information content (AvgIpc) is 3.06. The normalized spacial score (nSPS) is 20.8. The van der Waals surface area contributed by atoms with Crippen LogP contribution in [0.4, 0.5) is 0 Å². The second kappa shape index (κ2) is 6.72. The van der Waals surface area contributed by atoms with Crippen molar-refractivity contribution in [2.45, 2.75) is 58.5 Å². The number of rotatable bonds is 6. The van der Waals surface area contributed by atoms with Gasteiger partial charge >= 0.3 is 0 Å². The number of aryl methyl sites for hydroxylation is 3. The van der Waals surface area contributed by atoms with Gasteiger partial charge in [0.1, 0.15) is 0 Å². The highest BCUT2D eigenvalue weighted by Crippen LogP contribution is 2.23. The van der Waals surface area contributed by atoms with Gasteiger partial charge in [0.15, 0.2) is 0 Å². The number of amides is 2. The van der Waals surface area contributed by atoms with Gasteiger partial charge in [0.05, 0.1) is 5.69 Å². The third-order valence-electron chi connectivity index (χ3n) is 4.70. The zero-order valence-electron chi connectivity index (χ0n) is 14.0. The van der Waals surface area contributed by atoms with Gasteiger partial charge in [-0.3, -0.25) is 14.3 Å². The fourth-order valence-electron chi connectivity index (χ4n) is 3.26. The van der Waals surface area contributed by atoms with E-state index in [9.17, 15) is 9.59 Å². The first-order valence-electron chi connectivity index (χ1n) is 8.59. The van der Waals surface area contributed by atoms with Gasteiger partial charge in [-0.05, 0) is 45.1 Å². The summed E-state index contributed by atoms with van der Waals surface area (Å²) in [5.74, 6) is 0.628. The Morgan fingerprint density at radius 2 is 2.09 bits per heavy atom. The van der Waals surface area contributed by atoms with E-state index in [1.165, 1.54) is 0 Å². The molecule has 2 fully saturated rings. The van der Waals surface area contributed by atoms with Crippen molar-refractivity contribution >= 4 is 11.8 Å². The molecule has 1 atom stereocenters. The number of likely N-dealkylation sites (tertiary alicyclic amines) is 1. The smallest absolute Gasteiger partial charge is 0.224 e. The Labute approximate surface area is 137 Å². The lowest BCUT2D eigenvalue weighted by Crippen LogP contribution is -2.31. The van der Waals surface area contributed by atoms with Crippen LogP contribution in [-0.4, -0.2) is 45.6 Å². The van der Waals surface area contributed by atoms with Crippen LogP contribution in [0, 0.1) is 19.8 Å². The highest BCUT2D eigenvalue weighted by atomic mass is 16.2. The van der Waals surface area contributed by atoms with E-state index in [4.69, 9.17) is 0 Å². The van der Waals surface area contributed by atoms with E-state index < -0.39 is 0 Å². The molecule has 2 amide bonds. The summed E-state index contributed by atoms with van der Waals surface area (Å²) in [5, 5.41) is 7.42. The van der Waals surface area contributed by atoms with Crippen molar-refractivity contribution in [3.8, 4) is 0 Å². The van der Waals surface area contributed by atoms with Crippen molar-refractivity contribution in [3.63, 3.8) is 0 Å². The molecule has 1 aromatic rings. The van der Waals surface area contributed by atoms with Crippen molar-refractivity contribution in [1.82, 2.24) is 20.0 Å². The fourth-order valence-corrected chi connectivity index (χ4v) is 3.26. The monoisotopic (exact) mass is 318 g/mol. The molecule has 126 valence electrons. The molecule has 0 radical (unpaired) electrons. The van der Waals surface area contributed by atoms with Crippen LogP contribution >= 0.6 is 0 Å². The number of hydrogen-bond donors (Lipinski definition) is 1. The lowest BCUT2D eigenvalue weighted by Gasteiger charge is -2.17. The first-order chi connectivity index (χ1) is 11.0. The third kappa shape index (κ3) is 4.33. The molecule has 1 aliphatic carbocycles. The van der Waals surface area contributed by atoms with Gasteiger partial charge in [-0.25, -0.2) is 0 Å². The summed E-state index contributed by atoms with van der Waals surface area (Å²) in [6.45, 7) is 6.09. The molecule has 1 aromatic heterocycles. The van der Waals surface area contributed by atoms with Crippen molar-refractivity contribution in [1.29, 1.82) is 0 Å². The quantitative estimate of drug-likeness (QED) is 0.862. The van der Waals surface area contributed by atoms with Crippen LogP contribution in [0.2, 0.25) is 0 Å². The van der Waals surface area contributed by atoms with E-state index in [0.29, 0.717) is 37.9 Å². The van der Waals surface area contributed by atoms with Crippen LogP contribution in [0.5, 0.6) is 0 Å². The molecule has 6 nitrogen and oxygen atoms in total. The van der Waals surface area contributed by atoms with E-state index in [2.05, 4.69) is 10.4 Å². The number of carbonyl (C=O) groups excluding carboxylic acids is 2. The lowest BCUT2D eigenvalue weighted by atomic mass is 10.0. The minimum atomic E-state index is 0.148. The van der Waals surface area contributed by atoms with Gasteiger partial charge < -0.3 is 10.2 Å². The zero-order valence-corrected chi connectivity index (χ0v) is 14.0. The molecule has 1 N–H and O–H groups in total. The molecule has 0 aromatic carbocycles. The molecule has 1 saturated carbocycles.